The molecule has 192 valence electrons. The molecule has 0 radical (unpaired) electrons. The van der Waals surface area contributed by atoms with Crippen molar-refractivity contribution in [1.82, 2.24) is 35.1 Å². The van der Waals surface area contributed by atoms with Crippen LogP contribution in [0.1, 0.15) is 33.1 Å². The summed E-state index contributed by atoms with van der Waals surface area (Å²) in [6.45, 7) is 7.52. The van der Waals surface area contributed by atoms with E-state index in [1.807, 2.05) is 43.3 Å². The maximum absolute atomic E-state index is 12.2. The second-order valence-corrected chi connectivity index (χ2v) is 8.96. The number of aromatic nitrogens is 7. The largest absolute Gasteiger partial charge is 0.347 e. The van der Waals surface area contributed by atoms with E-state index in [2.05, 4.69) is 54.1 Å². The van der Waals surface area contributed by atoms with Crippen LogP contribution < -0.4 is 10.2 Å². The number of carbonyl (C=O) groups excluding carboxylic acids is 1. The first-order chi connectivity index (χ1) is 18.5. The fourth-order valence-corrected chi connectivity index (χ4v) is 4.17. The van der Waals surface area contributed by atoms with Crippen LogP contribution in [0.25, 0.3) is 44.8 Å². The predicted molar refractivity (Wildman–Crippen MR) is 150 cm³/mol. The molecule has 3 N–H and O–H groups in total. The van der Waals surface area contributed by atoms with Crippen LogP contribution in [-0.2, 0) is 4.79 Å². The summed E-state index contributed by atoms with van der Waals surface area (Å²) in [5, 5.41) is 11.1. The summed E-state index contributed by atoms with van der Waals surface area (Å²) in [7, 11) is 1.93. The Kier molecular flexibility index (Phi) is 6.90. The molecule has 38 heavy (non-hydrogen) atoms. The minimum atomic E-state index is -0.0218. The Labute approximate surface area is 219 Å². The van der Waals surface area contributed by atoms with Crippen molar-refractivity contribution in [2.24, 2.45) is 4.99 Å². The first kappa shape index (κ1) is 24.8. The lowest BCUT2D eigenvalue weighted by Crippen LogP contribution is -2.11. The molecule has 0 saturated carbocycles. The van der Waals surface area contributed by atoms with Crippen LogP contribution in [-0.4, -0.2) is 54.8 Å². The van der Waals surface area contributed by atoms with Crippen LogP contribution in [0.2, 0.25) is 0 Å². The quantitative estimate of drug-likeness (QED) is 0.236. The van der Waals surface area contributed by atoms with Crippen LogP contribution >= 0.6 is 0 Å². The molecule has 0 bridgehead atoms. The average molecular weight is 509 g/mol. The molecule has 5 rings (SSSR count). The normalized spacial score (nSPS) is 11.7. The third kappa shape index (κ3) is 4.99. The summed E-state index contributed by atoms with van der Waals surface area (Å²) in [6.07, 6.45) is 11.0. The number of pyridine rings is 3. The molecule has 0 unspecified atom stereocenters. The molecule has 0 saturated heterocycles. The number of H-pyrrole nitrogens is 2. The van der Waals surface area contributed by atoms with Gasteiger partial charge < -0.3 is 15.2 Å². The first-order valence-corrected chi connectivity index (χ1v) is 12.3. The Morgan fingerprint density at radius 3 is 2.84 bits per heavy atom. The van der Waals surface area contributed by atoms with Crippen molar-refractivity contribution in [1.29, 1.82) is 0 Å². The van der Waals surface area contributed by atoms with Gasteiger partial charge in [-0.15, -0.1) is 0 Å². The lowest BCUT2D eigenvalue weighted by molar-refractivity contribution is -0.116. The summed E-state index contributed by atoms with van der Waals surface area (Å²) in [5.41, 5.74) is 6.59. The first-order valence-electron chi connectivity index (χ1n) is 12.3. The maximum atomic E-state index is 12.2. The maximum Gasteiger partial charge on any atom is 0.224 e. The number of unbranched alkanes of at least 4 members (excludes halogenated alkanes) is 1. The highest BCUT2D eigenvalue weighted by Crippen LogP contribution is 2.31. The van der Waals surface area contributed by atoms with Gasteiger partial charge in [-0.05, 0) is 38.3 Å². The number of imidazole rings is 1. The minimum absolute atomic E-state index is 0.0218. The Bertz CT molecular complexity index is 1670. The van der Waals surface area contributed by atoms with Crippen molar-refractivity contribution in [2.75, 3.05) is 17.3 Å². The van der Waals surface area contributed by atoms with E-state index in [4.69, 9.17) is 4.98 Å². The predicted octanol–water partition coefficient (Wildman–Crippen LogP) is 5.09. The molecule has 0 fully saturated rings. The molecule has 0 aliphatic rings. The number of aromatic amines is 2. The van der Waals surface area contributed by atoms with Gasteiger partial charge in [0.05, 0.1) is 28.7 Å². The van der Waals surface area contributed by atoms with Crippen LogP contribution in [0.5, 0.6) is 0 Å². The highest BCUT2D eigenvalue weighted by atomic mass is 16.1. The van der Waals surface area contributed by atoms with Gasteiger partial charge in [0.15, 0.2) is 17.1 Å². The number of hydrogen-bond donors (Lipinski definition) is 3. The number of fused-ring (bicyclic) bond motifs is 2. The third-order valence-electron chi connectivity index (χ3n) is 6.14. The van der Waals surface area contributed by atoms with Gasteiger partial charge >= 0.3 is 0 Å². The zero-order chi connectivity index (χ0) is 26.6. The van der Waals surface area contributed by atoms with Crippen molar-refractivity contribution < 1.29 is 4.79 Å². The molecule has 0 aliphatic carbocycles. The van der Waals surface area contributed by atoms with Crippen molar-refractivity contribution >= 4 is 46.2 Å². The lowest BCUT2D eigenvalue weighted by atomic mass is 10.1. The van der Waals surface area contributed by atoms with E-state index in [1.54, 1.807) is 24.8 Å². The van der Waals surface area contributed by atoms with Crippen LogP contribution in [0.3, 0.4) is 0 Å². The van der Waals surface area contributed by atoms with Gasteiger partial charge in [-0.2, -0.15) is 5.10 Å². The topological polar surface area (TPSA) is 141 Å². The second kappa shape index (κ2) is 10.6. The number of aliphatic imine (C=N–C) groups is 1. The fraction of sp³-hybridized carbons (Fsp3) is 0.222. The molecular formula is C27H28N10O. The van der Waals surface area contributed by atoms with E-state index in [9.17, 15) is 4.79 Å². The molecule has 0 aromatic carbocycles. The number of nitrogens with zero attached hydrogens (tertiary/aromatic N) is 7. The zero-order valence-electron chi connectivity index (χ0n) is 21.5. The molecule has 0 atom stereocenters. The number of hydrogen-bond acceptors (Lipinski definition) is 8. The molecule has 5 heterocycles. The van der Waals surface area contributed by atoms with Gasteiger partial charge in [-0.25, -0.2) is 15.0 Å². The SMILES string of the molecule is C=N/C(C)=C\N(C)c1ccnc2nc(-c3[nH]nc4ncc(-c5cncc(NC(=O)CCCC)c5)cc34)[nH]c12. The number of amides is 1. The van der Waals surface area contributed by atoms with Crippen molar-refractivity contribution in [3.8, 4) is 22.6 Å². The zero-order valence-corrected chi connectivity index (χ0v) is 21.5. The van der Waals surface area contributed by atoms with Gasteiger partial charge in [-0.1, -0.05) is 13.3 Å². The van der Waals surface area contributed by atoms with E-state index in [-0.39, 0.29) is 5.91 Å². The van der Waals surface area contributed by atoms with E-state index < -0.39 is 0 Å². The Hall–Kier alpha value is -4.93. The van der Waals surface area contributed by atoms with Gasteiger partial charge in [0, 0.05) is 49.4 Å². The van der Waals surface area contributed by atoms with Gasteiger partial charge in [0.1, 0.15) is 11.2 Å². The summed E-state index contributed by atoms with van der Waals surface area (Å²) >= 11 is 0. The molecule has 1 amide bonds. The molecule has 11 nitrogen and oxygen atoms in total. The van der Waals surface area contributed by atoms with Crippen LogP contribution in [0.15, 0.2) is 59.9 Å². The summed E-state index contributed by atoms with van der Waals surface area (Å²) in [6, 6.07) is 5.78. The lowest BCUT2D eigenvalue weighted by Gasteiger charge is -2.15. The van der Waals surface area contributed by atoms with Crippen molar-refractivity contribution in [3.05, 3.63) is 54.9 Å². The van der Waals surface area contributed by atoms with Crippen LogP contribution in [0, 0.1) is 0 Å². The molecule has 5 aromatic heterocycles. The van der Waals surface area contributed by atoms with E-state index in [0.717, 1.165) is 46.3 Å². The fourth-order valence-electron chi connectivity index (χ4n) is 4.17. The summed E-state index contributed by atoms with van der Waals surface area (Å²) in [5.74, 6) is 0.568. The molecule has 5 aromatic rings. The standard InChI is InChI=1S/C27H28N10O/c1-5-6-7-22(38)32-19-10-17(12-29-14-19)18-11-20-23(35-36-25(20)31-13-18)27-33-24-21(8-9-30-26(24)34-27)37(4)15-16(2)28-3/h8-15H,3,5-7H2,1-2,4H3,(H,32,38)(H,30,33,34)(H,31,35,36)/b16-15-. The smallest absolute Gasteiger partial charge is 0.224 e. The van der Waals surface area contributed by atoms with Crippen molar-refractivity contribution in [3.63, 3.8) is 0 Å². The number of allylic oxidation sites excluding steroid dienone is 1. The average Bonchev–Trinajstić information content (AvgIpc) is 3.55. The van der Waals surface area contributed by atoms with Gasteiger partial charge in [-0.3, -0.25) is 19.9 Å². The molecule has 0 aliphatic heterocycles. The highest BCUT2D eigenvalue weighted by Gasteiger charge is 2.17. The van der Waals surface area contributed by atoms with Crippen LogP contribution in [0.4, 0.5) is 11.4 Å². The third-order valence-corrected chi connectivity index (χ3v) is 6.14. The highest BCUT2D eigenvalue weighted by molar-refractivity contribution is 5.95. The number of carbonyl (C=O) groups is 1. The van der Waals surface area contributed by atoms with Gasteiger partial charge in [0.2, 0.25) is 5.91 Å². The number of anilines is 2. The monoisotopic (exact) mass is 508 g/mol. The summed E-state index contributed by atoms with van der Waals surface area (Å²) in [4.78, 5) is 39.5. The Morgan fingerprint density at radius 1 is 1.18 bits per heavy atom. The van der Waals surface area contributed by atoms with Crippen molar-refractivity contribution in [2.45, 2.75) is 33.1 Å². The van der Waals surface area contributed by atoms with E-state index in [1.165, 1.54) is 0 Å². The Balaban J connectivity index is 1.50. The Morgan fingerprint density at radius 2 is 2.03 bits per heavy atom. The second-order valence-electron chi connectivity index (χ2n) is 8.96. The summed E-state index contributed by atoms with van der Waals surface area (Å²) < 4.78 is 0. The van der Waals surface area contributed by atoms with Gasteiger partial charge in [0.25, 0.3) is 0 Å². The number of nitrogens with one attached hydrogen (secondary N) is 3. The minimum Gasteiger partial charge on any atom is -0.347 e. The molecule has 11 heteroatoms. The molecular weight excluding hydrogens is 480 g/mol. The molecule has 0 spiro atoms. The van der Waals surface area contributed by atoms with E-state index >= 15 is 0 Å². The van der Waals surface area contributed by atoms with E-state index in [0.29, 0.717) is 34.9 Å². The number of rotatable bonds is 9.